The number of likely N-dealkylation sites (tertiary alicyclic amines) is 1. The number of rotatable bonds is 12. The van der Waals surface area contributed by atoms with Gasteiger partial charge >= 0.3 is 5.97 Å². The number of fused-ring (bicyclic) bond motifs is 1. The molecule has 0 amide bonds. The van der Waals surface area contributed by atoms with E-state index in [1.54, 1.807) is 4.52 Å². The lowest BCUT2D eigenvalue weighted by Gasteiger charge is -2.34. The van der Waals surface area contributed by atoms with Crippen LogP contribution in [0.3, 0.4) is 0 Å². The maximum absolute atomic E-state index is 12.4. The van der Waals surface area contributed by atoms with Gasteiger partial charge in [-0.2, -0.15) is 0 Å². The molecule has 5 rings (SSSR count). The lowest BCUT2D eigenvalue weighted by atomic mass is 9.90. The number of thiophene rings is 1. The molecule has 0 aliphatic carbocycles. The van der Waals surface area contributed by atoms with E-state index < -0.39 is 5.41 Å². The van der Waals surface area contributed by atoms with Crippen molar-refractivity contribution in [1.82, 2.24) is 24.8 Å². The summed E-state index contributed by atoms with van der Waals surface area (Å²) in [5.74, 6) is 0.518. The van der Waals surface area contributed by atoms with Crippen molar-refractivity contribution in [3.05, 3.63) is 82.3 Å². The van der Waals surface area contributed by atoms with Gasteiger partial charge in [-0.25, -0.2) is 9.50 Å². The standard InChI is InChI=1S/C31H40N6O2S/c1-4-39-30(38)31(2,3)26-22-37-28(34-26)14-13-27(35-37)32-17-9-18-36-19-15-24(16-20-36)33-29(25-12-8-21-40-25)23-10-6-5-7-11-23/h5-8,10-14,21-22,24,29,33H,4,9,15-20H2,1-3H3,(H,32,35). The molecule has 4 aromatic rings. The zero-order valence-electron chi connectivity index (χ0n) is 23.7. The van der Waals surface area contributed by atoms with E-state index >= 15 is 0 Å². The second kappa shape index (κ2) is 12.9. The summed E-state index contributed by atoms with van der Waals surface area (Å²) in [4.78, 5) is 20.9. The first-order chi connectivity index (χ1) is 19.4. The Balaban J connectivity index is 1.07. The summed E-state index contributed by atoms with van der Waals surface area (Å²) in [6.07, 6.45) is 5.18. The van der Waals surface area contributed by atoms with E-state index in [1.165, 1.54) is 10.4 Å². The molecule has 3 aromatic heterocycles. The van der Waals surface area contributed by atoms with Crippen LogP contribution >= 0.6 is 11.3 Å². The maximum Gasteiger partial charge on any atom is 0.317 e. The predicted molar refractivity (Wildman–Crippen MR) is 161 cm³/mol. The van der Waals surface area contributed by atoms with Gasteiger partial charge in [0.2, 0.25) is 0 Å². The predicted octanol–water partition coefficient (Wildman–Crippen LogP) is 5.28. The molecule has 212 valence electrons. The van der Waals surface area contributed by atoms with Gasteiger partial charge in [-0.05, 0) is 88.8 Å². The third-order valence-corrected chi connectivity index (χ3v) is 8.59. The van der Waals surface area contributed by atoms with Crippen LogP contribution in [0.5, 0.6) is 0 Å². The van der Waals surface area contributed by atoms with Crippen molar-refractivity contribution < 1.29 is 9.53 Å². The van der Waals surface area contributed by atoms with E-state index in [-0.39, 0.29) is 12.0 Å². The summed E-state index contributed by atoms with van der Waals surface area (Å²) in [5.41, 5.74) is 1.87. The van der Waals surface area contributed by atoms with Crippen molar-refractivity contribution in [2.45, 2.75) is 57.5 Å². The minimum atomic E-state index is -0.827. The molecule has 40 heavy (non-hydrogen) atoms. The van der Waals surface area contributed by atoms with E-state index in [1.807, 2.05) is 50.4 Å². The van der Waals surface area contributed by atoms with Gasteiger partial charge in [-0.3, -0.25) is 4.79 Å². The second-order valence-corrected chi connectivity index (χ2v) is 11.9. The fourth-order valence-electron chi connectivity index (χ4n) is 5.22. The zero-order valence-corrected chi connectivity index (χ0v) is 24.5. The van der Waals surface area contributed by atoms with E-state index in [0.29, 0.717) is 24.0 Å². The maximum atomic E-state index is 12.4. The molecule has 0 spiro atoms. The summed E-state index contributed by atoms with van der Waals surface area (Å²) in [6.45, 7) is 9.96. The molecule has 0 radical (unpaired) electrons. The number of nitrogens with zero attached hydrogens (tertiary/aromatic N) is 4. The van der Waals surface area contributed by atoms with Crippen LogP contribution in [-0.4, -0.2) is 64.3 Å². The van der Waals surface area contributed by atoms with Crippen molar-refractivity contribution in [3.63, 3.8) is 0 Å². The molecule has 1 aliphatic rings. The SMILES string of the molecule is CCOC(=O)C(C)(C)c1cn2nc(NCCCN3CCC(NC(c4ccccc4)c4cccs4)CC3)ccc2n1. The highest BCUT2D eigenvalue weighted by molar-refractivity contribution is 7.10. The van der Waals surface area contributed by atoms with Gasteiger partial charge in [0, 0.05) is 17.5 Å². The Morgan fingerprint density at radius 1 is 1.12 bits per heavy atom. The smallest absolute Gasteiger partial charge is 0.317 e. The molecule has 1 atom stereocenters. The molecule has 1 aliphatic heterocycles. The van der Waals surface area contributed by atoms with Gasteiger partial charge in [-0.15, -0.1) is 16.4 Å². The number of benzene rings is 1. The quantitative estimate of drug-likeness (QED) is 0.180. The molecule has 9 heteroatoms. The average Bonchev–Trinajstić information content (AvgIpc) is 3.66. The normalized spacial score (nSPS) is 15.8. The summed E-state index contributed by atoms with van der Waals surface area (Å²) in [7, 11) is 0. The third kappa shape index (κ3) is 6.71. The molecular formula is C31H40N6O2S. The number of imidazole rings is 1. The van der Waals surface area contributed by atoms with Crippen molar-refractivity contribution in [3.8, 4) is 0 Å². The van der Waals surface area contributed by atoms with Gasteiger partial charge < -0.3 is 20.3 Å². The monoisotopic (exact) mass is 560 g/mol. The lowest BCUT2D eigenvalue weighted by molar-refractivity contribution is -0.148. The molecule has 1 saturated heterocycles. The Labute approximate surface area is 240 Å². The van der Waals surface area contributed by atoms with E-state index in [4.69, 9.17) is 4.74 Å². The average molecular weight is 561 g/mol. The molecule has 4 heterocycles. The number of piperidine rings is 1. The highest BCUT2D eigenvalue weighted by atomic mass is 32.1. The molecule has 0 saturated carbocycles. The van der Waals surface area contributed by atoms with E-state index in [0.717, 1.165) is 51.3 Å². The summed E-state index contributed by atoms with van der Waals surface area (Å²) < 4.78 is 6.96. The summed E-state index contributed by atoms with van der Waals surface area (Å²) >= 11 is 1.82. The highest BCUT2D eigenvalue weighted by Gasteiger charge is 2.34. The summed E-state index contributed by atoms with van der Waals surface area (Å²) in [6, 6.07) is 19.8. The van der Waals surface area contributed by atoms with Crippen molar-refractivity contribution in [2.75, 3.05) is 38.1 Å². The first-order valence-corrected chi connectivity index (χ1v) is 15.2. The van der Waals surface area contributed by atoms with Crippen molar-refractivity contribution in [2.24, 2.45) is 0 Å². The minimum Gasteiger partial charge on any atom is -0.465 e. The van der Waals surface area contributed by atoms with Crippen molar-refractivity contribution >= 4 is 28.8 Å². The number of nitrogens with one attached hydrogen (secondary N) is 2. The number of anilines is 1. The molecule has 1 fully saturated rings. The molecular weight excluding hydrogens is 520 g/mol. The number of hydrogen-bond donors (Lipinski definition) is 2. The zero-order chi connectivity index (χ0) is 28.0. The number of carbonyl (C=O) groups is 1. The Morgan fingerprint density at radius 3 is 2.65 bits per heavy atom. The molecule has 8 nitrogen and oxygen atoms in total. The molecule has 0 bridgehead atoms. The van der Waals surface area contributed by atoms with Crippen LogP contribution in [-0.2, 0) is 14.9 Å². The largest absolute Gasteiger partial charge is 0.465 e. The molecule has 2 N–H and O–H groups in total. The Morgan fingerprint density at radius 2 is 1.93 bits per heavy atom. The minimum absolute atomic E-state index is 0.259. The topological polar surface area (TPSA) is 83.8 Å². The first kappa shape index (κ1) is 28.3. The fourth-order valence-corrected chi connectivity index (χ4v) is 6.03. The Hall–Kier alpha value is -3.27. The van der Waals surface area contributed by atoms with Crippen LogP contribution < -0.4 is 10.6 Å². The van der Waals surface area contributed by atoms with E-state index in [9.17, 15) is 4.79 Å². The van der Waals surface area contributed by atoms with Gasteiger partial charge in [0.25, 0.3) is 0 Å². The van der Waals surface area contributed by atoms with Crippen LogP contribution in [0.4, 0.5) is 5.82 Å². The van der Waals surface area contributed by atoms with Gasteiger partial charge in [0.15, 0.2) is 5.65 Å². The van der Waals surface area contributed by atoms with Gasteiger partial charge in [0.1, 0.15) is 11.2 Å². The van der Waals surface area contributed by atoms with Crippen LogP contribution in [0.25, 0.3) is 5.65 Å². The van der Waals surface area contributed by atoms with Crippen molar-refractivity contribution in [1.29, 1.82) is 0 Å². The number of carbonyl (C=O) groups excluding carboxylic acids is 1. The number of ether oxygens (including phenoxy) is 1. The fraction of sp³-hybridized carbons (Fsp3) is 0.452. The lowest BCUT2D eigenvalue weighted by Crippen LogP contribution is -2.44. The number of aromatic nitrogens is 3. The third-order valence-electron chi connectivity index (χ3n) is 7.65. The van der Waals surface area contributed by atoms with Crippen LogP contribution in [0.1, 0.15) is 62.2 Å². The number of hydrogen-bond acceptors (Lipinski definition) is 8. The Bertz CT molecular complexity index is 1360. The Kier molecular flexibility index (Phi) is 9.14. The van der Waals surface area contributed by atoms with Crippen LogP contribution in [0.2, 0.25) is 0 Å². The number of esters is 1. The summed E-state index contributed by atoms with van der Waals surface area (Å²) in [5, 5.41) is 14.2. The van der Waals surface area contributed by atoms with Gasteiger partial charge in [0.05, 0.1) is 24.5 Å². The van der Waals surface area contributed by atoms with Gasteiger partial charge in [-0.1, -0.05) is 36.4 Å². The molecule has 1 aromatic carbocycles. The second-order valence-electron chi connectivity index (χ2n) is 10.9. The van der Waals surface area contributed by atoms with Crippen LogP contribution in [0, 0.1) is 0 Å². The highest BCUT2D eigenvalue weighted by Crippen LogP contribution is 2.28. The van der Waals surface area contributed by atoms with E-state index in [2.05, 4.69) is 73.5 Å². The molecule has 1 unspecified atom stereocenters. The first-order valence-electron chi connectivity index (χ1n) is 14.3. The van der Waals surface area contributed by atoms with Crippen LogP contribution in [0.15, 0.2) is 66.2 Å².